The van der Waals surface area contributed by atoms with E-state index in [1.54, 1.807) is 7.05 Å². The van der Waals surface area contributed by atoms with Gasteiger partial charge in [-0.15, -0.1) is 0 Å². The van der Waals surface area contributed by atoms with Gasteiger partial charge in [0, 0.05) is 25.3 Å². The van der Waals surface area contributed by atoms with Crippen molar-refractivity contribution in [3.05, 3.63) is 18.0 Å². The minimum Gasteiger partial charge on any atom is -0.477 e. The zero-order valence-electron chi connectivity index (χ0n) is 13.2. The Bertz CT molecular complexity index is 600. The predicted octanol–water partition coefficient (Wildman–Crippen LogP) is 2.58. The summed E-state index contributed by atoms with van der Waals surface area (Å²) in [5, 5.41) is 9.20. The first-order valence-electron chi connectivity index (χ1n) is 7.09. The van der Waals surface area contributed by atoms with Crippen LogP contribution in [0.2, 0.25) is 0 Å². The van der Waals surface area contributed by atoms with E-state index in [4.69, 9.17) is 0 Å². The summed E-state index contributed by atoms with van der Waals surface area (Å²) < 4.78 is 28.0. The molecule has 0 amide bonds. The number of aromatic carboxylic acids is 1. The van der Waals surface area contributed by atoms with Crippen molar-refractivity contribution >= 4 is 16.0 Å². The van der Waals surface area contributed by atoms with E-state index in [1.165, 1.54) is 21.1 Å². The number of rotatable bonds is 7. The Morgan fingerprint density at radius 3 is 2.19 bits per heavy atom. The second kappa shape index (κ2) is 6.62. The van der Waals surface area contributed by atoms with E-state index in [1.807, 2.05) is 27.7 Å². The molecule has 1 heterocycles. The maximum absolute atomic E-state index is 12.6. The summed E-state index contributed by atoms with van der Waals surface area (Å²) in [6.07, 6.45) is 2.83. The fourth-order valence-electron chi connectivity index (χ4n) is 2.36. The summed E-state index contributed by atoms with van der Waals surface area (Å²) in [7, 11) is -2.14. The molecule has 0 aliphatic heterocycles. The molecule has 0 saturated carbocycles. The van der Waals surface area contributed by atoms with Gasteiger partial charge in [-0.25, -0.2) is 13.2 Å². The molecule has 0 aliphatic rings. The summed E-state index contributed by atoms with van der Waals surface area (Å²) >= 11 is 0. The predicted molar refractivity (Wildman–Crippen MR) is 81.1 cm³/mol. The lowest BCUT2D eigenvalue weighted by Crippen LogP contribution is -2.36. The van der Waals surface area contributed by atoms with Gasteiger partial charge in [0.25, 0.3) is 0 Å². The molecular weight excluding hydrogens is 292 g/mol. The Balaban J connectivity index is 3.33. The van der Waals surface area contributed by atoms with E-state index in [0.29, 0.717) is 12.8 Å². The number of hydrogen-bond acceptors (Lipinski definition) is 3. The van der Waals surface area contributed by atoms with Crippen LogP contribution < -0.4 is 0 Å². The number of carbonyl (C=O) groups is 1. The van der Waals surface area contributed by atoms with Crippen molar-refractivity contribution in [3.63, 3.8) is 0 Å². The van der Waals surface area contributed by atoms with Crippen LogP contribution in [-0.4, -0.2) is 41.5 Å². The number of hydrogen-bond donors (Lipinski definition) is 1. The summed E-state index contributed by atoms with van der Waals surface area (Å²) in [5.41, 5.74) is -0.0125. The van der Waals surface area contributed by atoms with Crippen LogP contribution in [-0.2, 0) is 10.0 Å². The largest absolute Gasteiger partial charge is 0.477 e. The minimum atomic E-state index is -3.68. The summed E-state index contributed by atoms with van der Waals surface area (Å²) in [6, 6.07) is 1.01. The first kappa shape index (κ1) is 17.7. The summed E-state index contributed by atoms with van der Waals surface area (Å²) in [5.74, 6) is -1.13. The molecule has 0 aliphatic carbocycles. The standard InChI is InChI=1S/C14H24N2O4S/c1-6-11(7-2)15(5)21(19,20)12-8-13(14(17)18)16(9-12)10(3)4/h8-11H,6-7H2,1-5H3,(H,17,18). The third-order valence-electron chi connectivity index (χ3n) is 3.73. The molecule has 120 valence electrons. The van der Waals surface area contributed by atoms with Crippen molar-refractivity contribution < 1.29 is 18.3 Å². The van der Waals surface area contributed by atoms with E-state index in [9.17, 15) is 18.3 Å². The summed E-state index contributed by atoms with van der Waals surface area (Å²) in [6.45, 7) is 7.49. The molecule has 1 rings (SSSR count). The highest BCUT2D eigenvalue weighted by atomic mass is 32.2. The second-order valence-corrected chi connectivity index (χ2v) is 7.36. The molecule has 0 radical (unpaired) electrons. The highest BCUT2D eigenvalue weighted by molar-refractivity contribution is 7.89. The van der Waals surface area contributed by atoms with Crippen molar-refractivity contribution in [2.45, 2.75) is 57.5 Å². The van der Waals surface area contributed by atoms with Crippen molar-refractivity contribution in [1.29, 1.82) is 0 Å². The number of carboxylic acids is 1. The molecule has 1 aromatic rings. The third kappa shape index (κ3) is 3.47. The molecular formula is C14H24N2O4S. The fraction of sp³-hybridized carbons (Fsp3) is 0.643. The van der Waals surface area contributed by atoms with Gasteiger partial charge < -0.3 is 9.67 Å². The second-order valence-electron chi connectivity index (χ2n) is 5.36. The van der Waals surface area contributed by atoms with E-state index < -0.39 is 16.0 Å². The Hall–Kier alpha value is -1.34. The first-order chi connectivity index (χ1) is 9.66. The molecule has 0 fully saturated rings. The van der Waals surface area contributed by atoms with Crippen LogP contribution in [0.25, 0.3) is 0 Å². The number of sulfonamides is 1. The zero-order chi connectivity index (χ0) is 16.4. The molecule has 21 heavy (non-hydrogen) atoms. The Labute approximate surface area is 126 Å². The lowest BCUT2D eigenvalue weighted by molar-refractivity contribution is 0.0683. The van der Waals surface area contributed by atoms with Crippen LogP contribution in [0.4, 0.5) is 0 Å². The summed E-state index contributed by atoms with van der Waals surface area (Å²) in [4.78, 5) is 11.3. The molecule has 0 atom stereocenters. The van der Waals surface area contributed by atoms with Crippen LogP contribution in [0, 0.1) is 0 Å². The lowest BCUT2D eigenvalue weighted by Gasteiger charge is -2.24. The average Bonchev–Trinajstić information content (AvgIpc) is 2.85. The topological polar surface area (TPSA) is 79.6 Å². The van der Waals surface area contributed by atoms with Gasteiger partial charge in [0.05, 0.1) is 0 Å². The van der Waals surface area contributed by atoms with Gasteiger partial charge in [0.1, 0.15) is 10.6 Å². The first-order valence-corrected chi connectivity index (χ1v) is 8.53. The SMILES string of the molecule is CCC(CC)N(C)S(=O)(=O)c1cc(C(=O)O)n(C(C)C)c1. The smallest absolute Gasteiger partial charge is 0.352 e. The normalized spacial score (nSPS) is 12.6. The quantitative estimate of drug-likeness (QED) is 0.838. The molecule has 0 saturated heterocycles. The monoisotopic (exact) mass is 316 g/mol. The van der Waals surface area contributed by atoms with Crippen LogP contribution >= 0.6 is 0 Å². The van der Waals surface area contributed by atoms with Crippen LogP contribution in [0.5, 0.6) is 0 Å². The van der Waals surface area contributed by atoms with Gasteiger partial charge >= 0.3 is 5.97 Å². The van der Waals surface area contributed by atoms with Gasteiger partial charge in [0.15, 0.2) is 0 Å². The van der Waals surface area contributed by atoms with Crippen molar-refractivity contribution in [3.8, 4) is 0 Å². The molecule has 6 nitrogen and oxygen atoms in total. The van der Waals surface area contributed by atoms with E-state index in [-0.39, 0.29) is 22.7 Å². The van der Waals surface area contributed by atoms with Gasteiger partial charge in [-0.3, -0.25) is 0 Å². The Morgan fingerprint density at radius 1 is 1.33 bits per heavy atom. The Morgan fingerprint density at radius 2 is 1.86 bits per heavy atom. The molecule has 1 N–H and O–H groups in total. The van der Waals surface area contributed by atoms with Crippen molar-refractivity contribution in [1.82, 2.24) is 8.87 Å². The fourth-order valence-corrected chi connectivity index (χ4v) is 3.89. The van der Waals surface area contributed by atoms with Gasteiger partial charge in [-0.05, 0) is 32.8 Å². The molecule has 0 unspecified atom stereocenters. The zero-order valence-corrected chi connectivity index (χ0v) is 14.0. The Kier molecular flexibility index (Phi) is 5.58. The molecule has 1 aromatic heterocycles. The maximum atomic E-state index is 12.6. The highest BCUT2D eigenvalue weighted by Gasteiger charge is 2.29. The molecule has 0 spiro atoms. The van der Waals surface area contributed by atoms with Crippen LogP contribution in [0.15, 0.2) is 17.2 Å². The molecule has 0 bridgehead atoms. The molecule has 7 heteroatoms. The van der Waals surface area contributed by atoms with Gasteiger partial charge in [-0.1, -0.05) is 13.8 Å². The van der Waals surface area contributed by atoms with Crippen LogP contribution in [0.1, 0.15) is 57.1 Å². The van der Waals surface area contributed by atoms with Gasteiger partial charge in [-0.2, -0.15) is 4.31 Å². The lowest BCUT2D eigenvalue weighted by atomic mass is 10.2. The minimum absolute atomic E-state index is 0.0125. The number of aromatic nitrogens is 1. The number of nitrogens with zero attached hydrogens (tertiary/aromatic N) is 2. The van der Waals surface area contributed by atoms with E-state index >= 15 is 0 Å². The average molecular weight is 316 g/mol. The third-order valence-corrected chi connectivity index (χ3v) is 5.61. The van der Waals surface area contributed by atoms with Gasteiger partial charge in [0.2, 0.25) is 10.0 Å². The highest BCUT2D eigenvalue weighted by Crippen LogP contribution is 2.24. The number of carboxylic acid groups (broad SMARTS) is 1. The van der Waals surface area contributed by atoms with Crippen molar-refractivity contribution in [2.75, 3.05) is 7.05 Å². The van der Waals surface area contributed by atoms with E-state index in [2.05, 4.69) is 0 Å². The van der Waals surface area contributed by atoms with E-state index in [0.717, 1.165) is 0 Å². The van der Waals surface area contributed by atoms with Crippen LogP contribution in [0.3, 0.4) is 0 Å². The maximum Gasteiger partial charge on any atom is 0.352 e. The van der Waals surface area contributed by atoms with Crippen molar-refractivity contribution in [2.24, 2.45) is 0 Å². The molecule has 0 aromatic carbocycles.